The van der Waals surface area contributed by atoms with Crippen molar-refractivity contribution in [2.75, 3.05) is 18.5 Å². The second-order valence-corrected chi connectivity index (χ2v) is 4.39. The summed E-state index contributed by atoms with van der Waals surface area (Å²) in [5.74, 6) is 0.724. The highest BCUT2D eigenvalue weighted by Gasteiger charge is 2.06. The molecule has 0 atom stereocenters. The molecule has 1 aromatic heterocycles. The van der Waals surface area contributed by atoms with Crippen LogP contribution in [0.2, 0.25) is 0 Å². The molecule has 0 amide bonds. The minimum atomic E-state index is -0.207. The quantitative estimate of drug-likeness (QED) is 0.786. The van der Waals surface area contributed by atoms with Crippen molar-refractivity contribution in [1.82, 2.24) is 9.97 Å². The number of carbonyl (C=O) groups excluding carboxylic acids is 1. The molecule has 1 N–H and O–H groups in total. The molecule has 100 valence electrons. The number of hydrogen-bond donors (Lipinski definition) is 1. The van der Waals surface area contributed by atoms with Crippen LogP contribution in [0, 0.1) is 6.92 Å². The maximum absolute atomic E-state index is 11.2. The van der Waals surface area contributed by atoms with Crippen molar-refractivity contribution in [3.05, 3.63) is 17.5 Å². The molecule has 18 heavy (non-hydrogen) atoms. The first-order valence-electron chi connectivity index (χ1n) is 6.28. The van der Waals surface area contributed by atoms with Crippen LogP contribution in [-0.4, -0.2) is 29.1 Å². The van der Waals surface area contributed by atoms with Gasteiger partial charge in [0.2, 0.25) is 5.95 Å². The van der Waals surface area contributed by atoms with Crippen LogP contribution in [0.25, 0.3) is 0 Å². The summed E-state index contributed by atoms with van der Waals surface area (Å²) in [6.07, 6.45) is 0.322. The van der Waals surface area contributed by atoms with Gasteiger partial charge in [0.25, 0.3) is 0 Å². The lowest BCUT2D eigenvalue weighted by atomic mass is 10.1. The predicted octanol–water partition coefficient (Wildman–Crippen LogP) is 2.27. The zero-order chi connectivity index (χ0) is 13.5. The van der Waals surface area contributed by atoms with E-state index in [0.29, 0.717) is 31.4 Å². The molecule has 0 aliphatic carbocycles. The van der Waals surface area contributed by atoms with E-state index in [0.717, 1.165) is 11.4 Å². The molecular weight excluding hydrogens is 230 g/mol. The average molecular weight is 251 g/mol. The first-order chi connectivity index (χ1) is 8.52. The highest BCUT2D eigenvalue weighted by molar-refractivity contribution is 5.69. The third kappa shape index (κ3) is 4.69. The monoisotopic (exact) mass is 251 g/mol. The van der Waals surface area contributed by atoms with Gasteiger partial charge in [0.15, 0.2) is 0 Å². The molecule has 0 spiro atoms. The van der Waals surface area contributed by atoms with Gasteiger partial charge < -0.3 is 10.1 Å². The van der Waals surface area contributed by atoms with E-state index in [-0.39, 0.29) is 5.97 Å². The number of rotatable bonds is 6. The molecule has 0 unspecified atom stereocenters. The Kier molecular flexibility index (Phi) is 5.55. The third-order valence-electron chi connectivity index (χ3n) is 2.38. The van der Waals surface area contributed by atoms with Crippen molar-refractivity contribution in [2.45, 2.75) is 40.0 Å². The van der Waals surface area contributed by atoms with Crippen molar-refractivity contribution in [3.8, 4) is 0 Å². The minimum Gasteiger partial charge on any atom is -0.466 e. The van der Waals surface area contributed by atoms with Crippen LogP contribution in [-0.2, 0) is 9.53 Å². The van der Waals surface area contributed by atoms with Crippen LogP contribution in [0.5, 0.6) is 0 Å². The molecule has 0 aliphatic heterocycles. The highest BCUT2D eigenvalue weighted by atomic mass is 16.5. The topological polar surface area (TPSA) is 64.1 Å². The summed E-state index contributed by atoms with van der Waals surface area (Å²) in [6.45, 7) is 8.80. The SMILES string of the molecule is CCOC(=O)CCNc1nc(C)cc(C(C)C)n1. The minimum absolute atomic E-state index is 0.207. The van der Waals surface area contributed by atoms with Crippen molar-refractivity contribution >= 4 is 11.9 Å². The van der Waals surface area contributed by atoms with Gasteiger partial charge in [-0.05, 0) is 25.8 Å². The van der Waals surface area contributed by atoms with Crippen LogP contribution in [0.1, 0.15) is 44.5 Å². The molecule has 5 nitrogen and oxygen atoms in total. The molecule has 0 bridgehead atoms. The highest BCUT2D eigenvalue weighted by Crippen LogP contribution is 2.14. The standard InChI is InChI=1S/C13H21N3O2/c1-5-18-12(17)6-7-14-13-15-10(4)8-11(16-13)9(2)3/h8-9H,5-7H2,1-4H3,(H,14,15,16). The lowest BCUT2D eigenvalue weighted by molar-refractivity contribution is -0.142. The summed E-state index contributed by atoms with van der Waals surface area (Å²) in [4.78, 5) is 19.9. The van der Waals surface area contributed by atoms with Gasteiger partial charge in [0, 0.05) is 17.9 Å². The Morgan fingerprint density at radius 3 is 2.78 bits per heavy atom. The van der Waals surface area contributed by atoms with Gasteiger partial charge >= 0.3 is 5.97 Å². The van der Waals surface area contributed by atoms with Gasteiger partial charge in [-0.1, -0.05) is 13.8 Å². The van der Waals surface area contributed by atoms with Crippen molar-refractivity contribution in [1.29, 1.82) is 0 Å². The maximum Gasteiger partial charge on any atom is 0.307 e. The van der Waals surface area contributed by atoms with Crippen LogP contribution in [0.4, 0.5) is 5.95 Å². The van der Waals surface area contributed by atoms with Crippen molar-refractivity contribution in [3.63, 3.8) is 0 Å². The van der Waals surface area contributed by atoms with E-state index in [1.807, 2.05) is 13.0 Å². The summed E-state index contributed by atoms with van der Waals surface area (Å²) in [5, 5.41) is 3.05. The molecule has 5 heteroatoms. The molecule has 0 saturated heterocycles. The van der Waals surface area contributed by atoms with Crippen LogP contribution < -0.4 is 5.32 Å². The fourth-order valence-corrected chi connectivity index (χ4v) is 1.48. The van der Waals surface area contributed by atoms with Crippen LogP contribution in [0.15, 0.2) is 6.07 Å². The van der Waals surface area contributed by atoms with Crippen molar-refractivity contribution in [2.24, 2.45) is 0 Å². The molecule has 1 aromatic rings. The number of hydrogen-bond acceptors (Lipinski definition) is 5. The van der Waals surface area contributed by atoms with E-state index in [4.69, 9.17) is 4.74 Å². The summed E-state index contributed by atoms with van der Waals surface area (Å²) >= 11 is 0. The lowest BCUT2D eigenvalue weighted by Crippen LogP contribution is -2.13. The van der Waals surface area contributed by atoms with E-state index in [9.17, 15) is 4.79 Å². The summed E-state index contributed by atoms with van der Waals surface area (Å²) in [6, 6.07) is 1.97. The van der Waals surface area contributed by atoms with E-state index in [1.54, 1.807) is 6.92 Å². The molecule has 0 fully saturated rings. The van der Waals surface area contributed by atoms with Gasteiger partial charge in [-0.3, -0.25) is 4.79 Å². The summed E-state index contributed by atoms with van der Waals surface area (Å²) in [7, 11) is 0. The molecule has 0 radical (unpaired) electrons. The van der Waals surface area contributed by atoms with E-state index >= 15 is 0 Å². The molecule has 0 saturated carbocycles. The summed E-state index contributed by atoms with van der Waals surface area (Å²) in [5.41, 5.74) is 1.92. The van der Waals surface area contributed by atoms with E-state index < -0.39 is 0 Å². The fraction of sp³-hybridized carbons (Fsp3) is 0.615. The second-order valence-electron chi connectivity index (χ2n) is 4.39. The number of aryl methyl sites for hydroxylation is 1. The second kappa shape index (κ2) is 6.93. The molecular formula is C13H21N3O2. The number of esters is 1. The largest absolute Gasteiger partial charge is 0.466 e. The Morgan fingerprint density at radius 1 is 1.44 bits per heavy atom. The molecule has 0 aromatic carbocycles. The smallest absolute Gasteiger partial charge is 0.307 e. The molecule has 1 rings (SSSR count). The number of anilines is 1. The van der Waals surface area contributed by atoms with Crippen LogP contribution >= 0.6 is 0 Å². The Bertz CT molecular complexity index is 405. The maximum atomic E-state index is 11.2. The van der Waals surface area contributed by atoms with E-state index in [1.165, 1.54) is 0 Å². The Hall–Kier alpha value is -1.65. The Labute approximate surface area is 108 Å². The number of nitrogens with zero attached hydrogens (tertiary/aromatic N) is 2. The predicted molar refractivity (Wildman–Crippen MR) is 70.6 cm³/mol. The van der Waals surface area contributed by atoms with Crippen LogP contribution in [0.3, 0.4) is 0 Å². The van der Waals surface area contributed by atoms with Gasteiger partial charge in [-0.2, -0.15) is 0 Å². The average Bonchev–Trinajstić information content (AvgIpc) is 2.28. The van der Waals surface area contributed by atoms with Crippen molar-refractivity contribution < 1.29 is 9.53 Å². The normalized spacial score (nSPS) is 10.5. The number of aromatic nitrogens is 2. The molecule has 1 heterocycles. The lowest BCUT2D eigenvalue weighted by Gasteiger charge is -2.09. The first kappa shape index (κ1) is 14.4. The zero-order valence-corrected chi connectivity index (χ0v) is 11.5. The third-order valence-corrected chi connectivity index (χ3v) is 2.38. The number of ether oxygens (including phenoxy) is 1. The van der Waals surface area contributed by atoms with Gasteiger partial charge in [-0.15, -0.1) is 0 Å². The Morgan fingerprint density at radius 2 is 2.17 bits per heavy atom. The van der Waals surface area contributed by atoms with Gasteiger partial charge in [-0.25, -0.2) is 9.97 Å². The number of nitrogens with one attached hydrogen (secondary N) is 1. The fourth-order valence-electron chi connectivity index (χ4n) is 1.48. The Balaban J connectivity index is 2.54. The molecule has 0 aliphatic rings. The van der Waals surface area contributed by atoms with Gasteiger partial charge in [0.05, 0.1) is 13.0 Å². The van der Waals surface area contributed by atoms with E-state index in [2.05, 4.69) is 29.1 Å². The summed E-state index contributed by atoms with van der Waals surface area (Å²) < 4.78 is 4.85. The zero-order valence-electron chi connectivity index (χ0n) is 11.5. The number of carbonyl (C=O) groups is 1. The first-order valence-corrected chi connectivity index (χ1v) is 6.28. The van der Waals surface area contributed by atoms with Gasteiger partial charge in [0.1, 0.15) is 0 Å².